The first-order valence-electron chi connectivity index (χ1n) is 10.2. The third kappa shape index (κ3) is 5.13. The number of fused-ring (bicyclic) bond motifs is 1. The second-order valence-corrected chi connectivity index (χ2v) is 9.38. The Balaban J connectivity index is 1.60. The summed E-state index contributed by atoms with van der Waals surface area (Å²) in [6.45, 7) is 1.52. The van der Waals surface area contributed by atoms with Crippen molar-refractivity contribution in [2.45, 2.75) is 11.8 Å². The molecule has 5 N–H and O–H groups in total. The standard InChI is InChI=1S/C24H19BrFN5O3S/c1-13(15-3-2-14-6-9-30-23(27)18(14)10-15)22(26)24(32)31-20-5-4-16(11-19(20)25)17-7-8-29-12-21(17)35(33)34-28/h2-12H,28H2,1H3,(H2,27,30)(H,31,32)/b22-13+. The Kier molecular flexibility index (Phi) is 7.31. The van der Waals surface area contributed by atoms with Gasteiger partial charge in [-0.2, -0.15) is 10.2 Å². The van der Waals surface area contributed by atoms with Gasteiger partial charge in [0.05, 0.1) is 10.6 Å². The fourth-order valence-corrected chi connectivity index (χ4v) is 4.58. The van der Waals surface area contributed by atoms with Gasteiger partial charge in [-0.1, -0.05) is 18.2 Å². The van der Waals surface area contributed by atoms with Crippen LogP contribution in [0.25, 0.3) is 27.5 Å². The molecule has 178 valence electrons. The molecule has 0 radical (unpaired) electrons. The first kappa shape index (κ1) is 24.6. The normalized spacial score (nSPS) is 12.8. The Morgan fingerprint density at radius 2 is 1.94 bits per heavy atom. The number of nitrogens with two attached hydrogens (primary N) is 2. The van der Waals surface area contributed by atoms with Gasteiger partial charge in [-0.15, -0.1) is 0 Å². The number of pyridine rings is 2. The summed E-state index contributed by atoms with van der Waals surface area (Å²) in [5.74, 6) is 3.54. The zero-order valence-corrected chi connectivity index (χ0v) is 20.7. The van der Waals surface area contributed by atoms with E-state index < -0.39 is 22.8 Å². The Hall–Kier alpha value is -3.51. The lowest BCUT2D eigenvalue weighted by Gasteiger charge is -2.12. The summed E-state index contributed by atoms with van der Waals surface area (Å²) in [4.78, 5) is 21.0. The molecule has 1 unspecified atom stereocenters. The fourth-order valence-electron chi connectivity index (χ4n) is 3.49. The van der Waals surface area contributed by atoms with E-state index in [1.54, 1.807) is 54.7 Å². The van der Waals surface area contributed by atoms with Gasteiger partial charge in [0.1, 0.15) is 5.82 Å². The second-order valence-electron chi connectivity index (χ2n) is 7.42. The summed E-state index contributed by atoms with van der Waals surface area (Å²) in [6.07, 6.45) is 4.52. The predicted molar refractivity (Wildman–Crippen MR) is 138 cm³/mol. The molecule has 0 saturated carbocycles. The number of allylic oxidation sites excluding steroid dienone is 1. The molecular formula is C24H19BrFN5O3S. The van der Waals surface area contributed by atoms with Crippen LogP contribution in [0.5, 0.6) is 0 Å². The minimum atomic E-state index is -1.90. The first-order chi connectivity index (χ1) is 16.8. The minimum Gasteiger partial charge on any atom is -0.383 e. The van der Waals surface area contributed by atoms with Crippen LogP contribution < -0.4 is 16.9 Å². The van der Waals surface area contributed by atoms with Crippen LogP contribution in [0, 0.1) is 0 Å². The highest BCUT2D eigenvalue weighted by Gasteiger charge is 2.18. The number of nitrogens with one attached hydrogen (secondary N) is 1. The van der Waals surface area contributed by atoms with Crippen LogP contribution in [-0.4, -0.2) is 20.1 Å². The number of amides is 1. The molecule has 1 amide bonds. The summed E-state index contributed by atoms with van der Waals surface area (Å²) in [5, 5.41) is 4.10. The number of rotatable bonds is 6. The molecule has 1 atom stereocenters. The van der Waals surface area contributed by atoms with E-state index in [0.29, 0.717) is 38.1 Å². The van der Waals surface area contributed by atoms with Crippen molar-refractivity contribution < 1.29 is 17.7 Å². The van der Waals surface area contributed by atoms with Crippen LogP contribution >= 0.6 is 15.9 Å². The monoisotopic (exact) mass is 555 g/mol. The average molecular weight is 556 g/mol. The highest BCUT2D eigenvalue weighted by molar-refractivity contribution is 9.10. The van der Waals surface area contributed by atoms with E-state index in [0.717, 1.165) is 5.39 Å². The predicted octanol–water partition coefficient (Wildman–Crippen LogP) is 4.89. The third-order valence-corrected chi connectivity index (χ3v) is 6.85. The molecule has 11 heteroatoms. The zero-order valence-electron chi connectivity index (χ0n) is 18.3. The molecule has 0 aliphatic heterocycles. The number of hydrogen-bond acceptors (Lipinski definition) is 7. The molecule has 0 aliphatic carbocycles. The lowest BCUT2D eigenvalue weighted by atomic mass is 10.0. The van der Waals surface area contributed by atoms with Gasteiger partial charge < -0.3 is 11.1 Å². The van der Waals surface area contributed by atoms with Gasteiger partial charge in [-0.05, 0) is 75.3 Å². The van der Waals surface area contributed by atoms with Crippen LogP contribution in [-0.2, 0) is 20.2 Å². The number of nitrogen functional groups attached to an aromatic ring is 1. The SMILES string of the molecule is C/C(=C(\F)C(=O)Nc1ccc(-c2ccncc2S(=O)ON)cc1Br)c1ccc2ccnc(N)c2c1. The number of hydrogen-bond donors (Lipinski definition) is 3. The molecular weight excluding hydrogens is 537 g/mol. The van der Waals surface area contributed by atoms with E-state index in [-0.39, 0.29) is 10.5 Å². The van der Waals surface area contributed by atoms with Crippen LogP contribution in [0.3, 0.4) is 0 Å². The molecule has 2 aromatic carbocycles. The smallest absolute Gasteiger partial charge is 0.284 e. The van der Waals surface area contributed by atoms with Gasteiger partial charge in [-0.25, -0.2) is 13.6 Å². The molecule has 0 spiro atoms. The minimum absolute atomic E-state index is 0.158. The largest absolute Gasteiger partial charge is 0.383 e. The summed E-state index contributed by atoms with van der Waals surface area (Å²) >= 11 is 1.50. The summed E-state index contributed by atoms with van der Waals surface area (Å²) < 4.78 is 32.0. The zero-order chi connectivity index (χ0) is 25.1. The number of carbonyl (C=O) groups excluding carboxylic acids is 1. The van der Waals surface area contributed by atoms with E-state index in [1.165, 1.54) is 19.3 Å². The van der Waals surface area contributed by atoms with Gasteiger partial charge in [0.15, 0.2) is 5.83 Å². The molecule has 35 heavy (non-hydrogen) atoms. The topological polar surface area (TPSA) is 133 Å². The highest BCUT2D eigenvalue weighted by Crippen LogP contribution is 2.33. The van der Waals surface area contributed by atoms with Crippen LogP contribution in [0.2, 0.25) is 0 Å². The van der Waals surface area contributed by atoms with Crippen LogP contribution in [0.1, 0.15) is 12.5 Å². The van der Waals surface area contributed by atoms with Gasteiger partial charge in [0.25, 0.3) is 5.91 Å². The lowest BCUT2D eigenvalue weighted by Crippen LogP contribution is -2.13. The molecule has 4 aromatic rings. The van der Waals surface area contributed by atoms with Crippen molar-refractivity contribution in [3.63, 3.8) is 0 Å². The number of benzene rings is 2. The lowest BCUT2D eigenvalue weighted by molar-refractivity contribution is -0.114. The van der Waals surface area contributed by atoms with Crippen molar-refractivity contribution in [1.82, 2.24) is 9.97 Å². The third-order valence-electron chi connectivity index (χ3n) is 5.34. The Morgan fingerprint density at radius 3 is 2.69 bits per heavy atom. The van der Waals surface area contributed by atoms with E-state index >= 15 is 4.39 Å². The molecule has 0 aliphatic rings. The number of anilines is 2. The van der Waals surface area contributed by atoms with Crippen molar-refractivity contribution in [2.75, 3.05) is 11.1 Å². The molecule has 0 fully saturated rings. The quantitative estimate of drug-likeness (QED) is 0.227. The van der Waals surface area contributed by atoms with E-state index in [1.807, 2.05) is 0 Å². The molecule has 2 aromatic heterocycles. The number of nitrogens with zero attached hydrogens (tertiary/aromatic N) is 2. The second kappa shape index (κ2) is 10.4. The Labute approximate surface area is 211 Å². The van der Waals surface area contributed by atoms with Crippen molar-refractivity contribution >= 4 is 60.8 Å². The fraction of sp³-hybridized carbons (Fsp3) is 0.0417. The van der Waals surface area contributed by atoms with Crippen molar-refractivity contribution in [1.29, 1.82) is 0 Å². The molecule has 8 nitrogen and oxygen atoms in total. The van der Waals surface area contributed by atoms with E-state index in [4.69, 9.17) is 11.6 Å². The average Bonchev–Trinajstić information content (AvgIpc) is 2.88. The van der Waals surface area contributed by atoms with Crippen molar-refractivity contribution in [3.05, 3.63) is 83.0 Å². The summed E-state index contributed by atoms with van der Waals surface area (Å²) in [6, 6.07) is 13.6. The van der Waals surface area contributed by atoms with Crippen LogP contribution in [0.4, 0.5) is 15.9 Å². The first-order valence-corrected chi connectivity index (χ1v) is 12.0. The van der Waals surface area contributed by atoms with Gasteiger partial charge in [-0.3, -0.25) is 9.78 Å². The molecule has 4 rings (SSSR count). The highest BCUT2D eigenvalue weighted by atomic mass is 79.9. The number of aromatic nitrogens is 2. The maximum Gasteiger partial charge on any atom is 0.284 e. The van der Waals surface area contributed by atoms with Crippen LogP contribution in [0.15, 0.2) is 82.3 Å². The van der Waals surface area contributed by atoms with Crippen molar-refractivity contribution in [2.24, 2.45) is 5.90 Å². The number of halogens is 2. The summed E-state index contributed by atoms with van der Waals surface area (Å²) in [7, 11) is 0. The van der Waals surface area contributed by atoms with Gasteiger partial charge >= 0.3 is 0 Å². The molecule has 0 saturated heterocycles. The van der Waals surface area contributed by atoms with E-state index in [9.17, 15) is 9.00 Å². The maximum absolute atomic E-state index is 15.1. The maximum atomic E-state index is 15.1. The molecule has 0 bridgehead atoms. The van der Waals surface area contributed by atoms with Gasteiger partial charge in [0.2, 0.25) is 11.1 Å². The molecule has 2 heterocycles. The van der Waals surface area contributed by atoms with Gasteiger partial charge in [0, 0.05) is 34.0 Å². The Morgan fingerprint density at radius 1 is 1.14 bits per heavy atom. The summed E-state index contributed by atoms with van der Waals surface area (Å²) in [5.41, 5.74) is 8.19. The Bertz CT molecular complexity index is 1510. The van der Waals surface area contributed by atoms with E-state index in [2.05, 4.69) is 35.5 Å². The van der Waals surface area contributed by atoms with Crippen molar-refractivity contribution in [3.8, 4) is 11.1 Å². The number of carbonyl (C=O) groups is 1.